The van der Waals surface area contributed by atoms with Crippen LogP contribution in [0.3, 0.4) is 0 Å². The highest BCUT2D eigenvalue weighted by Gasteiger charge is 2.29. The fourth-order valence-corrected chi connectivity index (χ4v) is 3.00. The molecule has 1 aliphatic heterocycles. The second-order valence-electron chi connectivity index (χ2n) is 5.39. The lowest BCUT2D eigenvalue weighted by atomic mass is 10.0. The van der Waals surface area contributed by atoms with Gasteiger partial charge in [0.2, 0.25) is 0 Å². The Morgan fingerprint density at radius 3 is 2.08 bits per heavy atom. The summed E-state index contributed by atoms with van der Waals surface area (Å²) >= 11 is 0. The molecular weight excluding hydrogens is 306 g/mol. The molecule has 6 heteroatoms. The molecule has 0 radical (unpaired) electrons. The van der Waals surface area contributed by atoms with E-state index in [0.717, 1.165) is 22.5 Å². The van der Waals surface area contributed by atoms with Gasteiger partial charge in [0.15, 0.2) is 11.5 Å². The number of ether oxygens (including phenoxy) is 3. The highest BCUT2D eigenvalue weighted by atomic mass is 16.5. The summed E-state index contributed by atoms with van der Waals surface area (Å²) in [5.74, 6) is 2.58. The predicted molar refractivity (Wildman–Crippen MR) is 91.3 cm³/mol. The smallest absolute Gasteiger partial charge is 0.159 e. The summed E-state index contributed by atoms with van der Waals surface area (Å²) in [6.07, 6.45) is 0.192. The number of anilines is 2. The molecule has 0 saturated carbocycles. The molecule has 3 rings (SSSR count). The Bertz CT molecular complexity index is 827. The molecule has 2 N–H and O–H groups in total. The largest absolute Gasteiger partial charge is 0.496 e. The van der Waals surface area contributed by atoms with Crippen molar-refractivity contribution >= 4 is 11.4 Å². The minimum absolute atomic E-state index is 0.192. The third-order valence-corrected chi connectivity index (χ3v) is 4.22. The number of nitrogens with zero attached hydrogens (tertiary/aromatic N) is 2. The van der Waals surface area contributed by atoms with Gasteiger partial charge in [-0.2, -0.15) is 5.26 Å². The van der Waals surface area contributed by atoms with Crippen LogP contribution in [-0.2, 0) is 13.0 Å². The van der Waals surface area contributed by atoms with E-state index in [2.05, 4.69) is 6.07 Å². The zero-order valence-corrected chi connectivity index (χ0v) is 13.9. The molecule has 24 heavy (non-hydrogen) atoms. The molecule has 1 aliphatic rings. The van der Waals surface area contributed by atoms with Gasteiger partial charge in [-0.3, -0.25) is 0 Å². The van der Waals surface area contributed by atoms with Gasteiger partial charge in [-0.1, -0.05) is 0 Å². The molecule has 124 valence electrons. The lowest BCUT2D eigenvalue weighted by Crippen LogP contribution is -2.19. The second-order valence-corrected chi connectivity index (χ2v) is 5.39. The van der Waals surface area contributed by atoms with Crippen LogP contribution in [0, 0.1) is 11.3 Å². The van der Waals surface area contributed by atoms with Crippen molar-refractivity contribution in [3.63, 3.8) is 0 Å². The van der Waals surface area contributed by atoms with Crippen LogP contribution >= 0.6 is 0 Å². The van der Waals surface area contributed by atoms with Gasteiger partial charge in [0, 0.05) is 13.6 Å². The molecule has 0 unspecified atom stereocenters. The predicted octanol–water partition coefficient (Wildman–Crippen LogP) is 3.10. The number of hydrogen-bond acceptors (Lipinski definition) is 6. The number of nitrogens with two attached hydrogens (primary N) is 1. The number of fused-ring (bicyclic) bond motifs is 2. The molecular formula is C18H19N3O3. The van der Waals surface area contributed by atoms with Gasteiger partial charge in [-0.15, -0.1) is 0 Å². The first-order valence-corrected chi connectivity index (χ1v) is 7.54. The van der Waals surface area contributed by atoms with Crippen molar-refractivity contribution in [2.75, 3.05) is 26.2 Å². The van der Waals surface area contributed by atoms with E-state index in [4.69, 9.17) is 19.9 Å². The van der Waals surface area contributed by atoms with Crippen LogP contribution in [0.15, 0.2) is 24.3 Å². The van der Waals surface area contributed by atoms with Crippen LogP contribution in [0.5, 0.6) is 23.0 Å². The highest BCUT2D eigenvalue weighted by Crippen LogP contribution is 2.52. The Morgan fingerprint density at radius 1 is 1.04 bits per heavy atom. The van der Waals surface area contributed by atoms with E-state index in [1.165, 1.54) is 0 Å². The molecule has 0 spiro atoms. The molecule has 2 aromatic carbocycles. The fraction of sp³-hybridized carbons (Fsp3) is 0.278. The van der Waals surface area contributed by atoms with Crippen LogP contribution in [0.4, 0.5) is 11.4 Å². The quantitative estimate of drug-likeness (QED) is 0.930. The van der Waals surface area contributed by atoms with Crippen LogP contribution < -0.4 is 24.8 Å². The first-order chi connectivity index (χ1) is 11.7. The van der Waals surface area contributed by atoms with Gasteiger partial charge < -0.3 is 24.8 Å². The van der Waals surface area contributed by atoms with Crippen molar-refractivity contribution in [2.24, 2.45) is 5.73 Å². The van der Waals surface area contributed by atoms with Gasteiger partial charge in [0.1, 0.15) is 11.5 Å². The van der Waals surface area contributed by atoms with Crippen LogP contribution in [-0.4, -0.2) is 21.3 Å². The summed E-state index contributed by atoms with van der Waals surface area (Å²) in [4.78, 5) is 2.02. The minimum Gasteiger partial charge on any atom is -0.496 e. The summed E-state index contributed by atoms with van der Waals surface area (Å²) in [6, 6.07) is 9.76. The van der Waals surface area contributed by atoms with Crippen molar-refractivity contribution in [1.29, 1.82) is 5.26 Å². The van der Waals surface area contributed by atoms with E-state index >= 15 is 0 Å². The maximum absolute atomic E-state index is 9.17. The van der Waals surface area contributed by atoms with E-state index in [0.29, 0.717) is 23.0 Å². The Balaban J connectivity index is 2.23. The first kappa shape index (κ1) is 16.0. The molecule has 0 atom stereocenters. The van der Waals surface area contributed by atoms with E-state index in [-0.39, 0.29) is 13.0 Å². The Hall–Kier alpha value is -2.91. The normalized spacial score (nSPS) is 11.9. The maximum atomic E-state index is 9.17. The molecule has 0 amide bonds. The number of hydrogen-bond donors (Lipinski definition) is 1. The number of rotatable bonds is 4. The SMILES string of the molecule is COc1ccc2c(c1CN)Oc1c(ccc(OC)c1CC#N)N2C. The number of methoxy groups -OCH3 is 2. The van der Waals surface area contributed by atoms with Crippen LogP contribution in [0.1, 0.15) is 11.1 Å². The number of nitriles is 1. The molecule has 0 fully saturated rings. The van der Waals surface area contributed by atoms with Gasteiger partial charge in [0.25, 0.3) is 0 Å². The molecule has 0 aliphatic carbocycles. The lowest BCUT2D eigenvalue weighted by molar-refractivity contribution is 0.393. The van der Waals surface area contributed by atoms with Crippen molar-refractivity contribution in [3.8, 4) is 29.1 Å². The van der Waals surface area contributed by atoms with Gasteiger partial charge in [0.05, 0.1) is 49.2 Å². The first-order valence-electron chi connectivity index (χ1n) is 7.54. The van der Waals surface area contributed by atoms with E-state index in [9.17, 15) is 5.26 Å². The number of benzene rings is 2. The molecule has 0 saturated heterocycles. The third kappa shape index (κ3) is 2.30. The van der Waals surface area contributed by atoms with E-state index in [1.54, 1.807) is 14.2 Å². The van der Waals surface area contributed by atoms with Crippen LogP contribution in [0.2, 0.25) is 0 Å². The molecule has 6 nitrogen and oxygen atoms in total. The zero-order valence-electron chi connectivity index (χ0n) is 13.9. The average Bonchev–Trinajstić information content (AvgIpc) is 2.61. The summed E-state index contributed by atoms with van der Waals surface area (Å²) < 4.78 is 17.0. The maximum Gasteiger partial charge on any atom is 0.159 e. The molecule has 2 aromatic rings. The van der Waals surface area contributed by atoms with E-state index in [1.807, 2.05) is 36.2 Å². The van der Waals surface area contributed by atoms with Gasteiger partial charge in [-0.05, 0) is 24.3 Å². The van der Waals surface area contributed by atoms with Crippen LogP contribution in [0.25, 0.3) is 0 Å². The van der Waals surface area contributed by atoms with E-state index < -0.39 is 0 Å². The van der Waals surface area contributed by atoms with Crippen molar-refractivity contribution in [1.82, 2.24) is 0 Å². The lowest BCUT2D eigenvalue weighted by Gasteiger charge is -2.32. The third-order valence-electron chi connectivity index (χ3n) is 4.22. The summed E-state index contributed by atoms with van der Waals surface area (Å²) in [7, 11) is 5.14. The second kappa shape index (κ2) is 6.30. The van der Waals surface area contributed by atoms with Crippen molar-refractivity contribution in [2.45, 2.75) is 13.0 Å². The molecule has 0 aromatic heterocycles. The standard InChI is InChI=1S/C18H19N3O3/c1-21-13-4-6-15(22-2)11(8-9-19)17(13)24-18-12(10-20)16(23-3)7-5-14(18)21/h4-7H,8,10,20H2,1-3H3. The molecule has 1 heterocycles. The highest BCUT2D eigenvalue weighted by molar-refractivity contribution is 5.82. The van der Waals surface area contributed by atoms with Gasteiger partial charge in [-0.25, -0.2) is 0 Å². The monoisotopic (exact) mass is 325 g/mol. The van der Waals surface area contributed by atoms with Crippen molar-refractivity contribution < 1.29 is 14.2 Å². The fourth-order valence-electron chi connectivity index (χ4n) is 3.00. The summed E-state index contributed by atoms with van der Waals surface area (Å²) in [5.41, 5.74) is 9.20. The van der Waals surface area contributed by atoms with Crippen molar-refractivity contribution in [3.05, 3.63) is 35.4 Å². The Morgan fingerprint density at radius 2 is 1.58 bits per heavy atom. The molecule has 0 bridgehead atoms. The zero-order chi connectivity index (χ0) is 17.3. The topological polar surface area (TPSA) is 80.7 Å². The van der Waals surface area contributed by atoms with Gasteiger partial charge >= 0.3 is 0 Å². The average molecular weight is 325 g/mol. The Kier molecular flexibility index (Phi) is 4.19. The summed E-state index contributed by atoms with van der Waals surface area (Å²) in [5, 5.41) is 9.17. The summed E-state index contributed by atoms with van der Waals surface area (Å²) in [6.45, 7) is 0.285. The Labute approximate surface area is 141 Å². The minimum atomic E-state index is 0.192.